The van der Waals surface area contributed by atoms with Crippen LogP contribution in [0.5, 0.6) is 0 Å². The van der Waals surface area contributed by atoms with Crippen molar-refractivity contribution in [2.45, 2.75) is 26.3 Å². The molecule has 1 heterocycles. The van der Waals surface area contributed by atoms with E-state index in [0.717, 1.165) is 13.0 Å². The molecule has 0 saturated carbocycles. The van der Waals surface area contributed by atoms with Gasteiger partial charge in [-0.2, -0.15) is 5.10 Å². The highest BCUT2D eigenvalue weighted by Crippen LogP contribution is 2.12. The van der Waals surface area contributed by atoms with Gasteiger partial charge in [0.05, 0.1) is 5.69 Å². The Kier molecular flexibility index (Phi) is 5.15. The lowest BCUT2D eigenvalue weighted by molar-refractivity contribution is 0.0947. The Morgan fingerprint density at radius 1 is 1.56 bits per heavy atom. The molecule has 18 heavy (non-hydrogen) atoms. The molecule has 102 valence electrons. The Morgan fingerprint density at radius 2 is 2.22 bits per heavy atom. The van der Waals surface area contributed by atoms with Gasteiger partial charge in [0.1, 0.15) is 0 Å². The summed E-state index contributed by atoms with van der Waals surface area (Å²) in [5.41, 5.74) is 6.52. The standard InChI is InChI=1S/C12H23N5O/c1-9(2)17-8-10(13)11(15-17)12(18)14-6-5-7-16(3)4/h8-9H,5-7,13H2,1-4H3,(H,14,18). The van der Waals surface area contributed by atoms with Crippen molar-refractivity contribution in [3.63, 3.8) is 0 Å². The number of carbonyl (C=O) groups excluding carboxylic acids is 1. The Morgan fingerprint density at radius 3 is 2.72 bits per heavy atom. The summed E-state index contributed by atoms with van der Waals surface area (Å²) < 4.78 is 1.70. The van der Waals surface area contributed by atoms with Crippen LogP contribution in [0.2, 0.25) is 0 Å². The Balaban J connectivity index is 2.51. The van der Waals surface area contributed by atoms with E-state index in [2.05, 4.69) is 15.3 Å². The Hall–Kier alpha value is -1.56. The molecule has 6 heteroatoms. The van der Waals surface area contributed by atoms with Crippen molar-refractivity contribution in [3.8, 4) is 0 Å². The molecule has 6 nitrogen and oxygen atoms in total. The van der Waals surface area contributed by atoms with E-state index in [4.69, 9.17) is 5.73 Å². The number of nitrogen functional groups attached to an aromatic ring is 1. The maximum Gasteiger partial charge on any atom is 0.273 e. The van der Waals surface area contributed by atoms with Crippen molar-refractivity contribution < 1.29 is 4.79 Å². The molecule has 0 saturated heterocycles. The summed E-state index contributed by atoms with van der Waals surface area (Å²) in [5, 5.41) is 7.02. The van der Waals surface area contributed by atoms with Crippen LogP contribution in [0.4, 0.5) is 5.69 Å². The molecule has 1 aromatic heterocycles. The number of aromatic nitrogens is 2. The van der Waals surface area contributed by atoms with Gasteiger partial charge in [0.25, 0.3) is 5.91 Å². The summed E-state index contributed by atoms with van der Waals surface area (Å²) in [6.45, 7) is 5.55. The van der Waals surface area contributed by atoms with Gasteiger partial charge in [-0.15, -0.1) is 0 Å². The van der Waals surface area contributed by atoms with Gasteiger partial charge in [0, 0.05) is 18.8 Å². The van der Waals surface area contributed by atoms with Crippen LogP contribution >= 0.6 is 0 Å². The summed E-state index contributed by atoms with van der Waals surface area (Å²) in [6, 6.07) is 0.197. The first-order valence-electron chi connectivity index (χ1n) is 6.19. The summed E-state index contributed by atoms with van der Waals surface area (Å²) in [4.78, 5) is 13.9. The van der Waals surface area contributed by atoms with Crippen LogP contribution in [0.15, 0.2) is 6.20 Å². The predicted molar refractivity (Wildman–Crippen MR) is 72.5 cm³/mol. The predicted octanol–water partition coefficient (Wildman–Crippen LogP) is 0.728. The van der Waals surface area contributed by atoms with Crippen molar-refractivity contribution in [2.24, 2.45) is 0 Å². The van der Waals surface area contributed by atoms with E-state index in [-0.39, 0.29) is 11.9 Å². The average molecular weight is 253 g/mol. The molecule has 0 aliphatic carbocycles. The Labute approximate surface area is 108 Å². The number of anilines is 1. The van der Waals surface area contributed by atoms with Gasteiger partial charge in [0.15, 0.2) is 5.69 Å². The number of nitrogens with two attached hydrogens (primary N) is 1. The second kappa shape index (κ2) is 6.39. The lowest BCUT2D eigenvalue weighted by Crippen LogP contribution is -2.28. The highest BCUT2D eigenvalue weighted by atomic mass is 16.1. The highest BCUT2D eigenvalue weighted by Gasteiger charge is 2.15. The summed E-state index contributed by atoms with van der Waals surface area (Å²) >= 11 is 0. The van der Waals surface area contributed by atoms with E-state index >= 15 is 0 Å². The maximum atomic E-state index is 11.9. The van der Waals surface area contributed by atoms with Crippen molar-refractivity contribution in [1.29, 1.82) is 0 Å². The highest BCUT2D eigenvalue weighted by molar-refractivity contribution is 5.96. The molecule has 0 aliphatic rings. The molecule has 0 unspecified atom stereocenters. The van der Waals surface area contributed by atoms with Crippen LogP contribution in [0.25, 0.3) is 0 Å². The molecule has 0 fully saturated rings. The third kappa shape index (κ3) is 4.03. The zero-order chi connectivity index (χ0) is 13.7. The molecule has 0 bridgehead atoms. The van der Waals surface area contributed by atoms with Gasteiger partial charge >= 0.3 is 0 Å². The number of nitrogens with one attached hydrogen (secondary N) is 1. The van der Waals surface area contributed by atoms with Crippen LogP contribution in [0, 0.1) is 0 Å². The third-order valence-corrected chi connectivity index (χ3v) is 2.57. The molecular formula is C12H23N5O. The number of nitrogens with zero attached hydrogens (tertiary/aromatic N) is 3. The van der Waals surface area contributed by atoms with Gasteiger partial charge in [0.2, 0.25) is 0 Å². The van der Waals surface area contributed by atoms with E-state index < -0.39 is 0 Å². The molecule has 0 radical (unpaired) electrons. The van der Waals surface area contributed by atoms with Gasteiger partial charge in [-0.3, -0.25) is 9.48 Å². The molecule has 0 aliphatic heterocycles. The van der Waals surface area contributed by atoms with Gasteiger partial charge < -0.3 is 16.0 Å². The fraction of sp³-hybridized carbons (Fsp3) is 0.667. The fourth-order valence-electron chi connectivity index (χ4n) is 1.53. The number of hydrogen-bond donors (Lipinski definition) is 2. The number of carbonyl (C=O) groups is 1. The Bertz CT molecular complexity index is 397. The van der Waals surface area contributed by atoms with E-state index in [1.807, 2.05) is 27.9 Å². The normalized spacial score (nSPS) is 11.2. The minimum absolute atomic E-state index is 0.197. The average Bonchev–Trinajstić information content (AvgIpc) is 2.66. The molecule has 1 rings (SSSR count). The maximum absolute atomic E-state index is 11.9. The van der Waals surface area contributed by atoms with Gasteiger partial charge in [-0.05, 0) is 40.9 Å². The number of hydrogen-bond acceptors (Lipinski definition) is 4. The quantitative estimate of drug-likeness (QED) is 0.733. The minimum atomic E-state index is -0.203. The third-order valence-electron chi connectivity index (χ3n) is 2.57. The smallest absolute Gasteiger partial charge is 0.273 e. The minimum Gasteiger partial charge on any atom is -0.396 e. The first-order valence-corrected chi connectivity index (χ1v) is 6.19. The van der Waals surface area contributed by atoms with E-state index in [9.17, 15) is 4.79 Å². The van der Waals surface area contributed by atoms with Crippen LogP contribution in [-0.2, 0) is 0 Å². The summed E-state index contributed by atoms with van der Waals surface area (Å²) in [6.07, 6.45) is 2.60. The monoisotopic (exact) mass is 253 g/mol. The van der Waals surface area contributed by atoms with Crippen LogP contribution in [-0.4, -0.2) is 47.8 Å². The van der Waals surface area contributed by atoms with Crippen LogP contribution in [0.1, 0.15) is 36.8 Å². The zero-order valence-corrected chi connectivity index (χ0v) is 11.6. The van der Waals surface area contributed by atoms with Gasteiger partial charge in [-0.1, -0.05) is 0 Å². The number of rotatable bonds is 6. The van der Waals surface area contributed by atoms with Crippen molar-refractivity contribution in [3.05, 3.63) is 11.9 Å². The molecule has 0 atom stereocenters. The molecule has 1 aromatic rings. The lowest BCUT2D eigenvalue weighted by atomic mass is 10.3. The largest absolute Gasteiger partial charge is 0.396 e. The zero-order valence-electron chi connectivity index (χ0n) is 11.6. The van der Waals surface area contributed by atoms with Gasteiger partial charge in [-0.25, -0.2) is 0 Å². The molecule has 3 N–H and O–H groups in total. The molecule has 1 amide bonds. The molecular weight excluding hydrogens is 230 g/mol. The fourth-order valence-corrected chi connectivity index (χ4v) is 1.53. The summed E-state index contributed by atoms with van der Waals surface area (Å²) in [7, 11) is 4.01. The topological polar surface area (TPSA) is 76.2 Å². The lowest BCUT2D eigenvalue weighted by Gasteiger charge is -2.09. The van der Waals surface area contributed by atoms with Crippen molar-refractivity contribution in [2.75, 3.05) is 32.9 Å². The number of amides is 1. The van der Waals surface area contributed by atoms with Crippen LogP contribution in [0.3, 0.4) is 0 Å². The van der Waals surface area contributed by atoms with E-state index in [0.29, 0.717) is 17.9 Å². The van der Waals surface area contributed by atoms with Crippen LogP contribution < -0.4 is 11.1 Å². The first-order chi connectivity index (χ1) is 8.41. The summed E-state index contributed by atoms with van der Waals surface area (Å²) in [5.74, 6) is -0.203. The molecule has 0 aromatic carbocycles. The second-order valence-electron chi connectivity index (χ2n) is 4.92. The van der Waals surface area contributed by atoms with Crippen molar-refractivity contribution >= 4 is 11.6 Å². The van der Waals surface area contributed by atoms with E-state index in [1.165, 1.54) is 0 Å². The van der Waals surface area contributed by atoms with E-state index in [1.54, 1.807) is 10.9 Å². The SMILES string of the molecule is CC(C)n1cc(N)c(C(=O)NCCCN(C)C)n1. The second-order valence-corrected chi connectivity index (χ2v) is 4.92. The first kappa shape index (κ1) is 14.5. The van der Waals surface area contributed by atoms with Crippen molar-refractivity contribution in [1.82, 2.24) is 20.0 Å². The molecule has 0 spiro atoms.